The molecule has 0 radical (unpaired) electrons. The molecule has 2 saturated heterocycles. The first-order valence-corrected chi connectivity index (χ1v) is 6.58. The third-order valence-electron chi connectivity index (χ3n) is 4.01. The number of rotatable bonds is 2. The molecule has 0 saturated carbocycles. The summed E-state index contributed by atoms with van der Waals surface area (Å²) in [6, 6.07) is 3.36. The van der Waals surface area contributed by atoms with Gasteiger partial charge in [0.2, 0.25) is 0 Å². The molecule has 0 bridgehead atoms. The lowest BCUT2D eigenvalue weighted by Gasteiger charge is -2.22. The van der Waals surface area contributed by atoms with Gasteiger partial charge in [-0.1, -0.05) is 0 Å². The lowest BCUT2D eigenvalue weighted by atomic mass is 10.1. The van der Waals surface area contributed by atoms with Crippen molar-refractivity contribution in [1.82, 2.24) is 9.88 Å². The van der Waals surface area contributed by atoms with Gasteiger partial charge in [-0.3, -0.25) is 4.90 Å². The van der Waals surface area contributed by atoms with E-state index in [4.69, 9.17) is 0 Å². The number of fused-ring (bicyclic) bond motifs is 1. The summed E-state index contributed by atoms with van der Waals surface area (Å²) in [4.78, 5) is 5.93. The molecule has 0 amide bonds. The van der Waals surface area contributed by atoms with Crippen molar-refractivity contribution in [3.63, 3.8) is 0 Å². The molecule has 1 N–H and O–H groups in total. The standard InChI is InChI=1S/C13H16F3N3/c14-13(15,16)12-4-3-9(8-17-12)18-10-5-7-19-6-1-2-11(10)19/h3-4,8,10-11,18H,1-2,5-7H2. The van der Waals surface area contributed by atoms with E-state index in [1.165, 1.54) is 25.1 Å². The summed E-state index contributed by atoms with van der Waals surface area (Å²) in [5.74, 6) is 0. The Morgan fingerprint density at radius 3 is 2.74 bits per heavy atom. The van der Waals surface area contributed by atoms with Crippen LogP contribution in [-0.2, 0) is 6.18 Å². The van der Waals surface area contributed by atoms with E-state index in [1.54, 1.807) is 0 Å². The first-order valence-electron chi connectivity index (χ1n) is 6.58. The van der Waals surface area contributed by atoms with Crippen LogP contribution in [0.3, 0.4) is 0 Å². The minimum absolute atomic E-state index is 0.334. The minimum atomic E-state index is -4.37. The van der Waals surface area contributed by atoms with E-state index >= 15 is 0 Å². The zero-order valence-electron chi connectivity index (χ0n) is 10.5. The molecule has 2 atom stereocenters. The second-order valence-electron chi connectivity index (χ2n) is 5.21. The summed E-state index contributed by atoms with van der Waals surface area (Å²) in [7, 11) is 0. The third-order valence-corrected chi connectivity index (χ3v) is 4.01. The predicted octanol–water partition coefficient (Wildman–Crippen LogP) is 2.75. The molecule has 2 aliphatic rings. The monoisotopic (exact) mass is 271 g/mol. The second-order valence-corrected chi connectivity index (χ2v) is 5.21. The number of nitrogens with zero attached hydrogens (tertiary/aromatic N) is 2. The Kier molecular flexibility index (Phi) is 3.12. The van der Waals surface area contributed by atoms with Crippen molar-refractivity contribution in [2.24, 2.45) is 0 Å². The molecule has 104 valence electrons. The molecule has 1 aromatic rings. The summed E-state index contributed by atoms with van der Waals surface area (Å²) >= 11 is 0. The van der Waals surface area contributed by atoms with E-state index in [-0.39, 0.29) is 0 Å². The van der Waals surface area contributed by atoms with Crippen LogP contribution in [0.25, 0.3) is 0 Å². The van der Waals surface area contributed by atoms with Gasteiger partial charge in [-0.2, -0.15) is 13.2 Å². The molecule has 3 rings (SSSR count). The number of alkyl halides is 3. The van der Waals surface area contributed by atoms with Gasteiger partial charge in [0.25, 0.3) is 0 Å². The maximum absolute atomic E-state index is 12.4. The molecular formula is C13H16F3N3. The van der Waals surface area contributed by atoms with Gasteiger partial charge in [-0.25, -0.2) is 4.98 Å². The minimum Gasteiger partial charge on any atom is -0.379 e. The molecule has 3 nitrogen and oxygen atoms in total. The van der Waals surface area contributed by atoms with E-state index in [0.29, 0.717) is 17.8 Å². The van der Waals surface area contributed by atoms with E-state index in [2.05, 4.69) is 15.2 Å². The molecule has 19 heavy (non-hydrogen) atoms. The highest BCUT2D eigenvalue weighted by Gasteiger charge is 2.37. The highest BCUT2D eigenvalue weighted by molar-refractivity contribution is 5.43. The van der Waals surface area contributed by atoms with Crippen LogP contribution in [0, 0.1) is 0 Å². The van der Waals surface area contributed by atoms with Crippen molar-refractivity contribution in [2.45, 2.75) is 37.5 Å². The summed E-state index contributed by atoms with van der Waals surface area (Å²) < 4.78 is 37.2. The van der Waals surface area contributed by atoms with E-state index in [9.17, 15) is 13.2 Å². The molecule has 3 heterocycles. The van der Waals surface area contributed by atoms with Crippen LogP contribution in [0.2, 0.25) is 0 Å². The molecule has 0 aliphatic carbocycles. The summed E-state index contributed by atoms with van der Waals surface area (Å²) in [6.45, 7) is 2.23. The second kappa shape index (κ2) is 4.67. The quantitative estimate of drug-likeness (QED) is 0.896. The Morgan fingerprint density at radius 1 is 1.21 bits per heavy atom. The Hall–Kier alpha value is -1.30. The third kappa shape index (κ3) is 2.54. The number of anilines is 1. The number of pyridine rings is 1. The van der Waals surface area contributed by atoms with Gasteiger partial charge < -0.3 is 5.32 Å². The van der Waals surface area contributed by atoms with Gasteiger partial charge in [0.15, 0.2) is 0 Å². The fourth-order valence-corrected chi connectivity index (χ4v) is 3.11. The molecule has 2 unspecified atom stereocenters. The van der Waals surface area contributed by atoms with Crippen molar-refractivity contribution in [1.29, 1.82) is 0 Å². The zero-order valence-corrected chi connectivity index (χ0v) is 10.5. The smallest absolute Gasteiger partial charge is 0.379 e. The number of hydrogen-bond acceptors (Lipinski definition) is 3. The highest BCUT2D eigenvalue weighted by Crippen LogP contribution is 2.31. The summed E-state index contributed by atoms with van der Waals surface area (Å²) in [5, 5.41) is 3.32. The highest BCUT2D eigenvalue weighted by atomic mass is 19.4. The van der Waals surface area contributed by atoms with Crippen molar-refractivity contribution < 1.29 is 13.2 Å². The van der Waals surface area contributed by atoms with Crippen LogP contribution in [0.1, 0.15) is 25.0 Å². The Bertz CT molecular complexity index is 443. The predicted molar refractivity (Wildman–Crippen MR) is 65.9 cm³/mol. The van der Waals surface area contributed by atoms with Crippen LogP contribution in [0.15, 0.2) is 18.3 Å². The Morgan fingerprint density at radius 2 is 2.05 bits per heavy atom. The largest absolute Gasteiger partial charge is 0.433 e. The van der Waals surface area contributed by atoms with E-state index in [0.717, 1.165) is 25.6 Å². The van der Waals surface area contributed by atoms with Crippen LogP contribution < -0.4 is 5.32 Å². The summed E-state index contributed by atoms with van der Waals surface area (Å²) in [6.07, 6.45) is 0.347. The topological polar surface area (TPSA) is 28.2 Å². The van der Waals surface area contributed by atoms with Gasteiger partial charge in [0.05, 0.1) is 11.9 Å². The first-order chi connectivity index (χ1) is 9.04. The van der Waals surface area contributed by atoms with E-state index < -0.39 is 11.9 Å². The van der Waals surface area contributed by atoms with E-state index in [1.807, 2.05) is 0 Å². The van der Waals surface area contributed by atoms with Crippen molar-refractivity contribution in [3.05, 3.63) is 24.0 Å². The summed E-state index contributed by atoms with van der Waals surface area (Å²) in [5.41, 5.74) is -0.168. The molecule has 2 fully saturated rings. The molecule has 6 heteroatoms. The fraction of sp³-hybridized carbons (Fsp3) is 0.615. The van der Waals surface area contributed by atoms with Gasteiger partial charge in [-0.05, 0) is 37.9 Å². The van der Waals surface area contributed by atoms with Gasteiger partial charge >= 0.3 is 6.18 Å². The number of hydrogen-bond donors (Lipinski definition) is 1. The Labute approximate surface area is 109 Å². The fourth-order valence-electron chi connectivity index (χ4n) is 3.11. The van der Waals surface area contributed by atoms with Gasteiger partial charge in [-0.15, -0.1) is 0 Å². The SMILES string of the molecule is FC(F)(F)c1ccc(NC2CCN3CCCC23)cn1. The molecule has 0 aromatic carbocycles. The first kappa shape index (κ1) is 12.7. The zero-order chi connectivity index (χ0) is 13.5. The van der Waals surface area contributed by atoms with Crippen molar-refractivity contribution in [2.75, 3.05) is 18.4 Å². The lowest BCUT2D eigenvalue weighted by Crippen LogP contribution is -2.33. The molecule has 0 spiro atoms. The van der Waals surface area contributed by atoms with Gasteiger partial charge in [0, 0.05) is 18.6 Å². The maximum Gasteiger partial charge on any atom is 0.433 e. The van der Waals surface area contributed by atoms with Crippen LogP contribution in [-0.4, -0.2) is 35.1 Å². The lowest BCUT2D eigenvalue weighted by molar-refractivity contribution is -0.141. The normalized spacial score (nSPS) is 27.5. The maximum atomic E-state index is 12.4. The van der Waals surface area contributed by atoms with Crippen molar-refractivity contribution >= 4 is 5.69 Å². The number of aromatic nitrogens is 1. The van der Waals surface area contributed by atoms with Crippen LogP contribution >= 0.6 is 0 Å². The van der Waals surface area contributed by atoms with Gasteiger partial charge in [0.1, 0.15) is 5.69 Å². The van der Waals surface area contributed by atoms with Crippen molar-refractivity contribution in [3.8, 4) is 0 Å². The molecule has 2 aliphatic heterocycles. The van der Waals surface area contributed by atoms with Crippen LogP contribution in [0.5, 0.6) is 0 Å². The number of halogens is 3. The average Bonchev–Trinajstić information content (AvgIpc) is 2.94. The molecular weight excluding hydrogens is 255 g/mol. The average molecular weight is 271 g/mol. The Balaban J connectivity index is 1.67. The number of nitrogens with one attached hydrogen (secondary N) is 1. The molecule has 1 aromatic heterocycles. The van der Waals surface area contributed by atoms with Crippen LogP contribution in [0.4, 0.5) is 18.9 Å².